The minimum Gasteiger partial charge on any atom is -0.479 e. The summed E-state index contributed by atoms with van der Waals surface area (Å²) < 4.78 is 23.8. The summed E-state index contributed by atoms with van der Waals surface area (Å²) in [5, 5.41) is 13.5. The van der Waals surface area contributed by atoms with Crippen molar-refractivity contribution in [3.63, 3.8) is 0 Å². The number of ether oxygens (including phenoxy) is 2. The number of nitrogens with one attached hydrogen (secondary N) is 1. The van der Waals surface area contributed by atoms with Crippen molar-refractivity contribution in [3.8, 4) is 5.75 Å². The Balaban J connectivity index is 1.95. The highest BCUT2D eigenvalue weighted by Gasteiger charge is 2.24. The number of hydrogen-bond donors (Lipinski definition) is 1. The van der Waals surface area contributed by atoms with E-state index in [1.807, 2.05) is 0 Å². The average molecular weight is 411 g/mol. The molecule has 2 aromatic carbocycles. The van der Waals surface area contributed by atoms with Crippen LogP contribution in [0.1, 0.15) is 13.8 Å². The van der Waals surface area contributed by atoms with Gasteiger partial charge >= 0.3 is 11.7 Å². The van der Waals surface area contributed by atoms with Crippen LogP contribution in [-0.4, -0.2) is 29.0 Å². The Hall–Kier alpha value is -3.20. The van der Waals surface area contributed by atoms with Crippen molar-refractivity contribution in [3.05, 3.63) is 63.4 Å². The van der Waals surface area contributed by atoms with E-state index in [1.165, 1.54) is 19.9 Å². The molecule has 2 atom stereocenters. The largest absolute Gasteiger partial charge is 0.479 e. The second-order valence-electron chi connectivity index (χ2n) is 5.71. The topological polar surface area (TPSA) is 108 Å². The quantitative estimate of drug-likeness (QED) is 0.423. The van der Waals surface area contributed by atoms with Crippen LogP contribution in [0, 0.1) is 15.9 Å². The summed E-state index contributed by atoms with van der Waals surface area (Å²) in [6.07, 6.45) is -2.23. The molecule has 1 N–H and O–H groups in total. The van der Waals surface area contributed by atoms with Gasteiger partial charge < -0.3 is 14.8 Å². The molecule has 0 aliphatic heterocycles. The molecule has 0 aliphatic rings. The average Bonchev–Trinajstić information content (AvgIpc) is 2.62. The Morgan fingerprint density at radius 1 is 1.18 bits per heavy atom. The molecule has 0 heterocycles. The van der Waals surface area contributed by atoms with E-state index in [9.17, 15) is 24.1 Å². The minimum atomic E-state index is -1.22. The molecule has 0 spiro atoms. The molecule has 8 nitrogen and oxygen atoms in total. The molecule has 0 saturated heterocycles. The number of rotatable bonds is 7. The number of nitrogens with zero attached hydrogens (tertiary/aromatic N) is 1. The predicted molar refractivity (Wildman–Crippen MR) is 98.8 cm³/mol. The molecule has 0 aromatic heterocycles. The first-order valence-electron chi connectivity index (χ1n) is 8.05. The molecule has 0 aliphatic carbocycles. The van der Waals surface area contributed by atoms with Gasteiger partial charge in [-0.1, -0.05) is 17.7 Å². The highest BCUT2D eigenvalue weighted by molar-refractivity contribution is 6.30. The van der Waals surface area contributed by atoms with Gasteiger partial charge in [-0.25, -0.2) is 4.79 Å². The van der Waals surface area contributed by atoms with Crippen LogP contribution in [0.3, 0.4) is 0 Å². The minimum absolute atomic E-state index is 0.00998. The molecule has 28 heavy (non-hydrogen) atoms. The van der Waals surface area contributed by atoms with Crippen LogP contribution in [0.2, 0.25) is 5.02 Å². The first kappa shape index (κ1) is 21.1. The molecule has 2 rings (SSSR count). The zero-order valence-corrected chi connectivity index (χ0v) is 15.6. The molecular weight excluding hydrogens is 395 g/mol. The number of hydrogen-bond acceptors (Lipinski definition) is 6. The summed E-state index contributed by atoms with van der Waals surface area (Å²) >= 11 is 5.84. The van der Waals surface area contributed by atoms with Crippen molar-refractivity contribution in [2.75, 3.05) is 5.32 Å². The van der Waals surface area contributed by atoms with Crippen LogP contribution in [-0.2, 0) is 14.3 Å². The number of halogens is 2. The maximum Gasteiger partial charge on any atom is 0.347 e. The molecule has 2 unspecified atom stereocenters. The van der Waals surface area contributed by atoms with Crippen molar-refractivity contribution in [2.45, 2.75) is 26.1 Å². The molecule has 2 aromatic rings. The molecular formula is C18H16ClFN2O6. The van der Waals surface area contributed by atoms with E-state index >= 15 is 0 Å². The lowest BCUT2D eigenvalue weighted by atomic mass is 10.2. The number of carbonyl (C=O) groups excluding carboxylic acids is 2. The van der Waals surface area contributed by atoms with Gasteiger partial charge in [-0.3, -0.25) is 14.9 Å². The molecule has 10 heteroatoms. The van der Waals surface area contributed by atoms with Crippen molar-refractivity contribution < 1.29 is 28.4 Å². The Morgan fingerprint density at radius 2 is 1.89 bits per heavy atom. The first-order chi connectivity index (χ1) is 13.2. The van der Waals surface area contributed by atoms with Crippen LogP contribution in [0.25, 0.3) is 0 Å². The third kappa shape index (κ3) is 5.65. The lowest BCUT2D eigenvalue weighted by Gasteiger charge is -2.18. The first-order valence-corrected chi connectivity index (χ1v) is 8.42. The third-order valence-electron chi connectivity index (χ3n) is 3.51. The fraction of sp³-hybridized carbons (Fsp3) is 0.222. The summed E-state index contributed by atoms with van der Waals surface area (Å²) in [6, 6.07) is 9.28. The Kier molecular flexibility index (Phi) is 6.89. The number of amides is 1. The van der Waals surface area contributed by atoms with Crippen LogP contribution in [0.15, 0.2) is 42.5 Å². The van der Waals surface area contributed by atoms with E-state index in [0.29, 0.717) is 10.8 Å². The normalized spacial score (nSPS) is 12.6. The number of carbonyl (C=O) groups is 2. The molecule has 0 saturated carbocycles. The summed E-state index contributed by atoms with van der Waals surface area (Å²) in [6.45, 7) is 2.76. The van der Waals surface area contributed by atoms with Gasteiger partial charge in [0.15, 0.2) is 12.2 Å². The molecule has 0 bridgehead atoms. The highest BCUT2D eigenvalue weighted by atomic mass is 35.5. The second-order valence-corrected chi connectivity index (χ2v) is 6.15. The Morgan fingerprint density at radius 3 is 2.54 bits per heavy atom. The van der Waals surface area contributed by atoms with Gasteiger partial charge in [-0.15, -0.1) is 0 Å². The maximum atomic E-state index is 13.3. The smallest absolute Gasteiger partial charge is 0.347 e. The van der Waals surface area contributed by atoms with E-state index in [2.05, 4.69) is 5.32 Å². The third-order valence-corrected chi connectivity index (χ3v) is 3.75. The molecule has 0 radical (unpaired) electrons. The van der Waals surface area contributed by atoms with E-state index in [-0.39, 0.29) is 5.69 Å². The van der Waals surface area contributed by atoms with Crippen LogP contribution in [0.5, 0.6) is 5.75 Å². The number of benzene rings is 2. The van der Waals surface area contributed by atoms with Gasteiger partial charge in [-0.2, -0.15) is 4.39 Å². The highest BCUT2D eigenvalue weighted by Crippen LogP contribution is 2.22. The van der Waals surface area contributed by atoms with Crippen molar-refractivity contribution in [1.29, 1.82) is 0 Å². The number of nitro groups is 1. The number of esters is 1. The van der Waals surface area contributed by atoms with E-state index in [4.69, 9.17) is 21.1 Å². The molecule has 148 valence electrons. The van der Waals surface area contributed by atoms with Crippen molar-refractivity contribution in [1.82, 2.24) is 0 Å². The Bertz CT molecular complexity index is 907. The van der Waals surface area contributed by atoms with Gasteiger partial charge in [0.05, 0.1) is 4.92 Å². The summed E-state index contributed by atoms with van der Waals surface area (Å²) in [5.74, 6) is -2.22. The van der Waals surface area contributed by atoms with Crippen LogP contribution < -0.4 is 10.1 Å². The van der Waals surface area contributed by atoms with Crippen molar-refractivity contribution >= 4 is 34.9 Å². The van der Waals surface area contributed by atoms with E-state index < -0.39 is 40.5 Å². The fourth-order valence-electron chi connectivity index (χ4n) is 2.09. The van der Waals surface area contributed by atoms with Gasteiger partial charge in [0, 0.05) is 16.8 Å². The number of nitro benzene ring substituents is 1. The zero-order valence-electron chi connectivity index (χ0n) is 14.8. The SMILES string of the molecule is CC(OC(=O)C(C)Oc1cccc(Cl)c1)C(=O)Nc1ccc(F)c([N+](=O)[O-])c1. The van der Waals surface area contributed by atoms with Crippen LogP contribution >= 0.6 is 11.6 Å². The lowest BCUT2D eigenvalue weighted by molar-refractivity contribution is -0.387. The van der Waals surface area contributed by atoms with Gasteiger partial charge in [0.25, 0.3) is 5.91 Å². The summed E-state index contributed by atoms with van der Waals surface area (Å²) in [5.41, 5.74) is -0.796. The maximum absolute atomic E-state index is 13.3. The predicted octanol–water partition coefficient (Wildman–Crippen LogP) is 3.73. The van der Waals surface area contributed by atoms with Gasteiger partial charge in [0.1, 0.15) is 5.75 Å². The Labute approximate surface area is 164 Å². The fourth-order valence-corrected chi connectivity index (χ4v) is 2.27. The molecule has 0 fully saturated rings. The standard InChI is InChI=1S/C18H16ClFN2O6/c1-10(17(23)21-13-6-7-15(20)16(9-13)22(25)26)28-18(24)11(2)27-14-5-3-4-12(19)8-14/h3-11H,1-2H3,(H,21,23). The van der Waals surface area contributed by atoms with Gasteiger partial charge in [-0.05, 0) is 44.2 Å². The second kappa shape index (κ2) is 9.14. The van der Waals surface area contributed by atoms with E-state index in [0.717, 1.165) is 18.2 Å². The lowest BCUT2D eigenvalue weighted by Crippen LogP contribution is -2.35. The van der Waals surface area contributed by atoms with Crippen molar-refractivity contribution in [2.24, 2.45) is 0 Å². The summed E-state index contributed by atoms with van der Waals surface area (Å²) in [4.78, 5) is 34.1. The van der Waals surface area contributed by atoms with Crippen LogP contribution in [0.4, 0.5) is 15.8 Å². The number of anilines is 1. The van der Waals surface area contributed by atoms with E-state index in [1.54, 1.807) is 18.2 Å². The monoisotopic (exact) mass is 410 g/mol. The van der Waals surface area contributed by atoms with Gasteiger partial charge in [0.2, 0.25) is 5.82 Å². The molecule has 1 amide bonds. The zero-order chi connectivity index (χ0) is 20.8. The summed E-state index contributed by atoms with van der Waals surface area (Å²) in [7, 11) is 0.